The molecule has 2 N–H and O–H groups in total. The van der Waals surface area contributed by atoms with Gasteiger partial charge in [-0.15, -0.1) is 0 Å². The van der Waals surface area contributed by atoms with Crippen molar-refractivity contribution in [3.05, 3.63) is 101 Å². The number of methoxy groups -OCH3 is 1. The molecule has 36 heavy (non-hydrogen) atoms. The van der Waals surface area contributed by atoms with Crippen LogP contribution in [0.15, 0.2) is 72.7 Å². The van der Waals surface area contributed by atoms with Gasteiger partial charge in [-0.05, 0) is 36.4 Å². The van der Waals surface area contributed by atoms with Gasteiger partial charge in [-0.1, -0.05) is 59.7 Å². The average molecular weight is 488 g/mol. The molecule has 4 heterocycles. The first-order chi connectivity index (χ1) is 16.9. The van der Waals surface area contributed by atoms with Crippen LogP contribution in [-0.2, 0) is 21.2 Å². The topological polar surface area (TPSA) is 83.4 Å². The van der Waals surface area contributed by atoms with E-state index in [1.54, 1.807) is 13.3 Å². The summed E-state index contributed by atoms with van der Waals surface area (Å²) in [6.45, 7) is 13.0. The van der Waals surface area contributed by atoms with Gasteiger partial charge in [-0.2, -0.15) is 0 Å². The summed E-state index contributed by atoms with van der Waals surface area (Å²) in [4.78, 5) is 16.4. The third kappa shape index (κ3) is 4.99. The summed E-state index contributed by atoms with van der Waals surface area (Å²) in [6, 6.07) is 17.4. The molecule has 0 saturated carbocycles. The molecule has 0 bridgehead atoms. The van der Waals surface area contributed by atoms with Crippen molar-refractivity contribution in [2.24, 2.45) is 0 Å². The molecule has 0 aliphatic carbocycles. The number of hydrogen-bond acceptors (Lipinski definition) is 7. The summed E-state index contributed by atoms with van der Waals surface area (Å²) in [6.07, 6.45) is 3.33. The molecule has 0 radical (unpaired) electrons. The molecule has 0 spiro atoms. The Hall–Kier alpha value is -3.29. The minimum Gasteiger partial charge on any atom is -0.372 e. The second-order valence-corrected chi connectivity index (χ2v) is 11.3. The van der Waals surface area contributed by atoms with Crippen LogP contribution in [0.2, 0.25) is 0 Å². The van der Waals surface area contributed by atoms with E-state index in [0.717, 1.165) is 17.1 Å². The van der Waals surface area contributed by atoms with Gasteiger partial charge in [0.05, 0.1) is 22.8 Å². The van der Waals surface area contributed by atoms with E-state index in [9.17, 15) is 5.11 Å². The maximum atomic E-state index is 12.6. The molecule has 190 valence electrons. The van der Waals surface area contributed by atoms with Gasteiger partial charge in [0.2, 0.25) is 0 Å². The van der Waals surface area contributed by atoms with E-state index in [2.05, 4.69) is 51.8 Å². The largest absolute Gasteiger partial charge is 0.372 e. The summed E-state index contributed by atoms with van der Waals surface area (Å²) in [5.41, 5.74) is 2.17. The van der Waals surface area contributed by atoms with E-state index in [-0.39, 0.29) is 17.0 Å². The summed E-state index contributed by atoms with van der Waals surface area (Å²) >= 11 is 0. The lowest BCUT2D eigenvalue weighted by Crippen LogP contribution is -2.39. The molecule has 0 aromatic carbocycles. The van der Waals surface area contributed by atoms with Crippen LogP contribution < -0.4 is 5.32 Å². The Balaban J connectivity index is 1.90. The zero-order valence-corrected chi connectivity index (χ0v) is 22.3. The molecule has 1 aliphatic rings. The maximum absolute atomic E-state index is 12.6. The molecule has 1 unspecified atom stereocenters. The SMILES string of the molecule is COCN1C=C(C(O)(c2cccc(C(C)(C)C)n2)c2cccc(C(C)(C)C)n2)NC1c1ccccn1. The van der Waals surface area contributed by atoms with E-state index in [1.807, 2.05) is 65.7 Å². The van der Waals surface area contributed by atoms with Gasteiger partial charge in [-0.25, -0.2) is 0 Å². The van der Waals surface area contributed by atoms with Crippen LogP contribution >= 0.6 is 0 Å². The van der Waals surface area contributed by atoms with Crippen LogP contribution in [0.3, 0.4) is 0 Å². The quantitative estimate of drug-likeness (QED) is 0.519. The summed E-state index contributed by atoms with van der Waals surface area (Å²) in [5.74, 6) is 0. The number of pyridine rings is 3. The van der Waals surface area contributed by atoms with Gasteiger partial charge in [0.1, 0.15) is 12.9 Å². The molecule has 3 aromatic heterocycles. The van der Waals surface area contributed by atoms with E-state index in [1.165, 1.54) is 0 Å². The molecule has 7 nitrogen and oxygen atoms in total. The van der Waals surface area contributed by atoms with Gasteiger partial charge in [0.25, 0.3) is 0 Å². The van der Waals surface area contributed by atoms with Crippen molar-refractivity contribution in [3.8, 4) is 0 Å². The summed E-state index contributed by atoms with van der Waals surface area (Å²) in [5, 5.41) is 16.2. The number of aliphatic hydroxyl groups is 1. The lowest BCUT2D eigenvalue weighted by Gasteiger charge is -2.32. The minimum absolute atomic E-state index is 0.187. The third-order valence-electron chi connectivity index (χ3n) is 6.33. The fourth-order valence-corrected chi connectivity index (χ4v) is 4.26. The Morgan fingerprint density at radius 3 is 1.86 bits per heavy atom. The number of aromatic nitrogens is 3. The van der Waals surface area contributed by atoms with E-state index >= 15 is 0 Å². The average Bonchev–Trinajstić information content (AvgIpc) is 3.28. The fourth-order valence-electron chi connectivity index (χ4n) is 4.26. The van der Waals surface area contributed by atoms with Crippen molar-refractivity contribution in [2.45, 2.75) is 64.1 Å². The zero-order valence-electron chi connectivity index (χ0n) is 22.3. The minimum atomic E-state index is -1.63. The lowest BCUT2D eigenvalue weighted by molar-refractivity contribution is 0.0684. The van der Waals surface area contributed by atoms with E-state index < -0.39 is 5.60 Å². The highest BCUT2D eigenvalue weighted by Gasteiger charge is 2.45. The lowest BCUT2D eigenvalue weighted by atomic mass is 9.86. The first-order valence-corrected chi connectivity index (χ1v) is 12.3. The monoisotopic (exact) mass is 487 g/mol. The van der Waals surface area contributed by atoms with Crippen molar-refractivity contribution in [1.29, 1.82) is 0 Å². The second-order valence-electron chi connectivity index (χ2n) is 11.3. The Bertz CT molecular complexity index is 1170. The number of rotatable bonds is 6. The third-order valence-corrected chi connectivity index (χ3v) is 6.33. The Labute approximate surface area is 214 Å². The molecular weight excluding hydrogens is 450 g/mol. The van der Waals surface area contributed by atoms with Crippen LogP contribution in [-0.4, -0.2) is 38.8 Å². The fraction of sp³-hybridized carbons (Fsp3) is 0.414. The van der Waals surface area contributed by atoms with Crippen LogP contribution in [0.4, 0.5) is 0 Å². The normalized spacial score (nSPS) is 16.6. The predicted octanol–water partition coefficient (Wildman–Crippen LogP) is 4.75. The Morgan fingerprint density at radius 2 is 1.39 bits per heavy atom. The van der Waals surface area contributed by atoms with E-state index in [4.69, 9.17) is 14.7 Å². The smallest absolute Gasteiger partial charge is 0.190 e. The number of hydrogen-bond donors (Lipinski definition) is 2. The molecule has 0 saturated heterocycles. The highest BCUT2D eigenvalue weighted by Crippen LogP contribution is 2.40. The molecule has 7 heteroatoms. The predicted molar refractivity (Wildman–Crippen MR) is 141 cm³/mol. The summed E-state index contributed by atoms with van der Waals surface area (Å²) in [7, 11) is 1.65. The zero-order chi connectivity index (χ0) is 26.1. The van der Waals surface area contributed by atoms with Gasteiger partial charge in [0.15, 0.2) is 5.60 Å². The highest BCUT2D eigenvalue weighted by atomic mass is 16.5. The Morgan fingerprint density at radius 1 is 0.833 bits per heavy atom. The maximum Gasteiger partial charge on any atom is 0.190 e. The molecule has 0 fully saturated rings. The van der Waals surface area contributed by atoms with Crippen LogP contribution in [0.5, 0.6) is 0 Å². The van der Waals surface area contributed by atoms with Crippen molar-refractivity contribution in [1.82, 2.24) is 25.2 Å². The molecule has 0 amide bonds. The Kier molecular flexibility index (Phi) is 6.90. The first-order valence-electron chi connectivity index (χ1n) is 12.3. The van der Waals surface area contributed by atoms with Crippen LogP contribution in [0.1, 0.15) is 76.2 Å². The van der Waals surface area contributed by atoms with Crippen LogP contribution in [0.25, 0.3) is 0 Å². The van der Waals surface area contributed by atoms with Crippen molar-refractivity contribution < 1.29 is 9.84 Å². The first kappa shape index (κ1) is 25.8. The standard InChI is InChI=1S/C29H37N5O2/c1-27(2,3)21-13-10-15-23(31-21)29(35,24-16-11-14-22(32-24)28(4,5)6)25-18-34(19-36-7)26(33-25)20-12-8-9-17-30-20/h8-18,26,33,35H,19H2,1-7H3. The molecule has 1 atom stereocenters. The second kappa shape index (κ2) is 9.64. The molecular formula is C29H37N5O2. The molecule has 1 aliphatic heterocycles. The van der Waals surface area contributed by atoms with E-state index in [0.29, 0.717) is 23.8 Å². The highest BCUT2D eigenvalue weighted by molar-refractivity contribution is 5.42. The van der Waals surface area contributed by atoms with Gasteiger partial charge in [0, 0.05) is 41.7 Å². The molecule has 4 rings (SSSR count). The summed E-state index contributed by atoms with van der Waals surface area (Å²) < 4.78 is 5.48. The molecule has 3 aromatic rings. The number of ether oxygens (including phenoxy) is 1. The number of nitrogens with zero attached hydrogens (tertiary/aromatic N) is 4. The van der Waals surface area contributed by atoms with Crippen molar-refractivity contribution in [2.75, 3.05) is 13.8 Å². The van der Waals surface area contributed by atoms with Gasteiger partial charge < -0.3 is 20.1 Å². The van der Waals surface area contributed by atoms with Crippen molar-refractivity contribution >= 4 is 0 Å². The van der Waals surface area contributed by atoms with Crippen molar-refractivity contribution in [3.63, 3.8) is 0 Å². The van der Waals surface area contributed by atoms with Gasteiger partial charge in [-0.3, -0.25) is 15.0 Å². The number of nitrogens with one attached hydrogen (secondary N) is 1. The van der Waals surface area contributed by atoms with Gasteiger partial charge >= 0.3 is 0 Å². The van der Waals surface area contributed by atoms with Crippen LogP contribution in [0, 0.1) is 0 Å².